The summed E-state index contributed by atoms with van der Waals surface area (Å²) in [7, 11) is -2.55. The SMILES string of the molecule is COC(=O)C1C[C@H](N2CCCC2)CN1S(=O)(=O)c1ccc(Oc2ccccc2)cc1. The summed E-state index contributed by atoms with van der Waals surface area (Å²) in [5.41, 5.74) is 0. The maximum Gasteiger partial charge on any atom is 0.324 e. The Balaban J connectivity index is 1.55. The zero-order valence-electron chi connectivity index (χ0n) is 16.9. The van der Waals surface area contributed by atoms with E-state index in [1.165, 1.54) is 23.5 Å². The van der Waals surface area contributed by atoms with Gasteiger partial charge in [-0.2, -0.15) is 4.31 Å². The molecule has 2 aromatic carbocycles. The number of hydrogen-bond acceptors (Lipinski definition) is 6. The Labute approximate surface area is 177 Å². The fourth-order valence-corrected chi connectivity index (χ4v) is 5.84. The zero-order chi connectivity index (χ0) is 21.1. The fraction of sp³-hybridized carbons (Fsp3) is 0.409. The first-order valence-electron chi connectivity index (χ1n) is 10.2. The van der Waals surface area contributed by atoms with Crippen molar-refractivity contribution in [1.82, 2.24) is 9.21 Å². The molecule has 0 aromatic heterocycles. The molecule has 1 unspecified atom stereocenters. The monoisotopic (exact) mass is 430 g/mol. The molecule has 7 nitrogen and oxygen atoms in total. The molecule has 8 heteroatoms. The lowest BCUT2D eigenvalue weighted by atomic mass is 10.1. The van der Waals surface area contributed by atoms with E-state index in [0.717, 1.165) is 25.9 Å². The molecule has 0 bridgehead atoms. The van der Waals surface area contributed by atoms with Crippen molar-refractivity contribution in [3.05, 3.63) is 54.6 Å². The van der Waals surface area contributed by atoms with E-state index in [4.69, 9.17) is 9.47 Å². The van der Waals surface area contributed by atoms with E-state index in [1.807, 2.05) is 30.3 Å². The van der Waals surface area contributed by atoms with Crippen LogP contribution in [0.1, 0.15) is 19.3 Å². The number of para-hydroxylation sites is 1. The van der Waals surface area contributed by atoms with Crippen molar-refractivity contribution in [2.24, 2.45) is 0 Å². The lowest BCUT2D eigenvalue weighted by Crippen LogP contribution is -2.41. The maximum absolute atomic E-state index is 13.4. The third-order valence-electron chi connectivity index (χ3n) is 5.77. The molecule has 2 fully saturated rings. The smallest absolute Gasteiger partial charge is 0.324 e. The van der Waals surface area contributed by atoms with Crippen molar-refractivity contribution in [1.29, 1.82) is 0 Å². The highest BCUT2D eigenvalue weighted by molar-refractivity contribution is 7.89. The largest absolute Gasteiger partial charge is 0.468 e. The van der Waals surface area contributed by atoms with Crippen molar-refractivity contribution in [2.45, 2.75) is 36.2 Å². The number of benzene rings is 2. The first-order chi connectivity index (χ1) is 14.5. The Kier molecular flexibility index (Phi) is 6.08. The highest BCUT2D eigenvalue weighted by Gasteiger charge is 2.46. The van der Waals surface area contributed by atoms with Gasteiger partial charge in [0.1, 0.15) is 17.5 Å². The van der Waals surface area contributed by atoms with Gasteiger partial charge in [-0.05, 0) is 68.8 Å². The first-order valence-corrected chi connectivity index (χ1v) is 11.6. The summed E-state index contributed by atoms with van der Waals surface area (Å²) in [6.45, 7) is 2.18. The van der Waals surface area contributed by atoms with Crippen molar-refractivity contribution in [3.63, 3.8) is 0 Å². The van der Waals surface area contributed by atoms with Gasteiger partial charge in [-0.15, -0.1) is 0 Å². The number of esters is 1. The summed E-state index contributed by atoms with van der Waals surface area (Å²) in [6, 6.07) is 14.8. The van der Waals surface area contributed by atoms with Gasteiger partial charge in [0.05, 0.1) is 12.0 Å². The van der Waals surface area contributed by atoms with Crippen molar-refractivity contribution >= 4 is 16.0 Å². The molecular formula is C22H26N2O5S. The van der Waals surface area contributed by atoms with Gasteiger partial charge >= 0.3 is 5.97 Å². The van der Waals surface area contributed by atoms with Crippen LogP contribution in [0, 0.1) is 0 Å². The Hall–Kier alpha value is -2.42. The van der Waals surface area contributed by atoms with E-state index < -0.39 is 22.0 Å². The second-order valence-electron chi connectivity index (χ2n) is 7.63. The molecule has 0 saturated carbocycles. The van der Waals surface area contributed by atoms with Crippen molar-refractivity contribution < 1.29 is 22.7 Å². The molecule has 2 heterocycles. The van der Waals surface area contributed by atoms with Gasteiger partial charge in [-0.1, -0.05) is 18.2 Å². The highest BCUT2D eigenvalue weighted by atomic mass is 32.2. The van der Waals surface area contributed by atoms with Crippen LogP contribution in [0.5, 0.6) is 11.5 Å². The second kappa shape index (κ2) is 8.75. The summed E-state index contributed by atoms with van der Waals surface area (Å²) >= 11 is 0. The molecule has 2 atom stereocenters. The molecule has 30 heavy (non-hydrogen) atoms. The summed E-state index contributed by atoms with van der Waals surface area (Å²) in [6.07, 6.45) is 2.67. The average molecular weight is 431 g/mol. The van der Waals surface area contributed by atoms with Gasteiger partial charge in [0.25, 0.3) is 0 Å². The molecule has 0 spiro atoms. The average Bonchev–Trinajstić information content (AvgIpc) is 3.44. The molecule has 2 aliphatic heterocycles. The Morgan fingerprint density at radius 2 is 1.60 bits per heavy atom. The van der Waals surface area contributed by atoms with Gasteiger partial charge in [0, 0.05) is 12.6 Å². The molecule has 2 aliphatic rings. The van der Waals surface area contributed by atoms with Gasteiger partial charge < -0.3 is 9.47 Å². The number of methoxy groups -OCH3 is 1. The van der Waals surface area contributed by atoms with Crippen LogP contribution >= 0.6 is 0 Å². The molecule has 0 aliphatic carbocycles. The highest BCUT2D eigenvalue weighted by Crippen LogP contribution is 2.32. The number of likely N-dealkylation sites (tertiary alicyclic amines) is 1. The van der Waals surface area contributed by atoms with Crippen LogP contribution < -0.4 is 4.74 Å². The van der Waals surface area contributed by atoms with E-state index in [0.29, 0.717) is 24.5 Å². The van der Waals surface area contributed by atoms with E-state index in [1.54, 1.807) is 12.1 Å². The fourth-order valence-electron chi connectivity index (χ4n) is 4.21. The van der Waals surface area contributed by atoms with Gasteiger partial charge in [0.2, 0.25) is 10.0 Å². The third-order valence-corrected chi connectivity index (χ3v) is 7.66. The molecule has 2 aromatic rings. The van der Waals surface area contributed by atoms with Gasteiger partial charge in [-0.3, -0.25) is 9.69 Å². The number of rotatable bonds is 6. The molecule has 2 saturated heterocycles. The molecule has 4 rings (SSSR count). The maximum atomic E-state index is 13.4. The minimum Gasteiger partial charge on any atom is -0.468 e. The zero-order valence-corrected chi connectivity index (χ0v) is 17.8. The summed E-state index contributed by atoms with van der Waals surface area (Å²) < 4.78 is 38.7. The van der Waals surface area contributed by atoms with Gasteiger partial charge in [0.15, 0.2) is 0 Å². The van der Waals surface area contributed by atoms with E-state index in [-0.39, 0.29) is 10.9 Å². The third kappa shape index (κ3) is 4.21. The number of hydrogen-bond donors (Lipinski definition) is 0. The standard InChI is InChI=1S/C22H26N2O5S/c1-28-22(25)21-15-17(23-13-5-6-14-23)16-24(21)30(26,27)20-11-9-19(10-12-20)29-18-7-3-2-4-8-18/h2-4,7-12,17,21H,5-6,13-16H2,1H3/t17-,21?/m0/s1. The minimum atomic E-state index is -3.84. The summed E-state index contributed by atoms with van der Waals surface area (Å²) in [5.74, 6) is 0.706. The van der Waals surface area contributed by atoms with Crippen LogP contribution in [-0.2, 0) is 19.6 Å². The number of ether oxygens (including phenoxy) is 2. The quantitative estimate of drug-likeness (QED) is 0.656. The molecule has 0 radical (unpaired) electrons. The predicted molar refractivity (Wildman–Crippen MR) is 112 cm³/mol. The molecule has 160 valence electrons. The number of nitrogens with zero attached hydrogens (tertiary/aromatic N) is 2. The summed E-state index contributed by atoms with van der Waals surface area (Å²) in [5, 5.41) is 0. The van der Waals surface area contributed by atoms with Crippen molar-refractivity contribution in [2.75, 3.05) is 26.7 Å². The van der Waals surface area contributed by atoms with Crippen LogP contribution in [0.15, 0.2) is 59.5 Å². The Morgan fingerprint density at radius 1 is 0.967 bits per heavy atom. The van der Waals surface area contributed by atoms with Crippen LogP contribution in [0.3, 0.4) is 0 Å². The van der Waals surface area contributed by atoms with Crippen molar-refractivity contribution in [3.8, 4) is 11.5 Å². The normalized spacial score (nSPS) is 22.8. The molecule has 0 amide bonds. The molecular weight excluding hydrogens is 404 g/mol. The number of sulfonamides is 1. The second-order valence-corrected chi connectivity index (χ2v) is 9.52. The first kappa shape index (κ1) is 20.8. The van der Waals surface area contributed by atoms with E-state index in [9.17, 15) is 13.2 Å². The predicted octanol–water partition coefficient (Wildman–Crippen LogP) is 2.88. The number of carbonyl (C=O) groups excluding carboxylic acids is 1. The van der Waals surface area contributed by atoms with E-state index in [2.05, 4.69) is 4.90 Å². The van der Waals surface area contributed by atoms with E-state index >= 15 is 0 Å². The minimum absolute atomic E-state index is 0.0343. The Bertz CT molecular complexity index is 972. The molecule has 0 N–H and O–H groups in total. The van der Waals surface area contributed by atoms with Crippen LogP contribution in [0.4, 0.5) is 0 Å². The lowest BCUT2D eigenvalue weighted by Gasteiger charge is -2.24. The topological polar surface area (TPSA) is 76.2 Å². The van der Waals surface area contributed by atoms with Crippen LogP contribution in [-0.4, -0.2) is 62.4 Å². The lowest BCUT2D eigenvalue weighted by molar-refractivity contribution is -0.144. The summed E-state index contributed by atoms with van der Waals surface area (Å²) in [4.78, 5) is 14.8. The van der Waals surface area contributed by atoms with Crippen LogP contribution in [0.2, 0.25) is 0 Å². The van der Waals surface area contributed by atoms with Crippen LogP contribution in [0.25, 0.3) is 0 Å². The Morgan fingerprint density at radius 3 is 2.23 bits per heavy atom. The number of carbonyl (C=O) groups is 1. The van der Waals surface area contributed by atoms with Gasteiger partial charge in [-0.25, -0.2) is 8.42 Å².